The molecule has 1 heterocycles. The van der Waals surface area contributed by atoms with E-state index in [0.717, 1.165) is 5.56 Å². The van der Waals surface area contributed by atoms with Gasteiger partial charge < -0.3 is 10.5 Å². The van der Waals surface area contributed by atoms with Crippen molar-refractivity contribution in [2.45, 2.75) is 0 Å². The van der Waals surface area contributed by atoms with Crippen LogP contribution in [-0.2, 0) is 4.74 Å². The van der Waals surface area contributed by atoms with Crippen LogP contribution in [0.1, 0.15) is 5.56 Å². The molecule has 0 spiro atoms. The Morgan fingerprint density at radius 3 is 3.20 bits per heavy atom. The highest BCUT2D eigenvalue weighted by atomic mass is 16.5. The SMILES string of the molecule is COC(=O)Nc1cc(C#CCN)ccn1. The molecule has 1 rings (SSSR count). The average Bonchev–Trinajstić information content (AvgIpc) is 2.26. The summed E-state index contributed by atoms with van der Waals surface area (Å²) in [5, 5.41) is 2.44. The number of pyridine rings is 1. The van der Waals surface area contributed by atoms with Crippen molar-refractivity contribution < 1.29 is 9.53 Å². The third-order valence-corrected chi connectivity index (χ3v) is 1.51. The molecule has 1 aromatic heterocycles. The number of carbonyl (C=O) groups excluding carboxylic acids is 1. The van der Waals surface area contributed by atoms with E-state index in [-0.39, 0.29) is 0 Å². The monoisotopic (exact) mass is 205 g/mol. The Morgan fingerprint density at radius 1 is 1.73 bits per heavy atom. The summed E-state index contributed by atoms with van der Waals surface area (Å²) in [6.45, 7) is 0.294. The first-order valence-electron chi connectivity index (χ1n) is 4.26. The minimum Gasteiger partial charge on any atom is -0.453 e. The van der Waals surface area contributed by atoms with Crippen molar-refractivity contribution in [1.82, 2.24) is 4.98 Å². The second kappa shape index (κ2) is 5.62. The summed E-state index contributed by atoms with van der Waals surface area (Å²) >= 11 is 0. The molecule has 0 aliphatic rings. The van der Waals surface area contributed by atoms with Gasteiger partial charge >= 0.3 is 6.09 Å². The Morgan fingerprint density at radius 2 is 2.53 bits per heavy atom. The fourth-order valence-electron chi connectivity index (χ4n) is 0.885. The van der Waals surface area contributed by atoms with Crippen LogP contribution in [0.2, 0.25) is 0 Å². The van der Waals surface area contributed by atoms with Crippen LogP contribution in [0.15, 0.2) is 18.3 Å². The number of amides is 1. The molecule has 0 aliphatic heterocycles. The molecule has 5 heteroatoms. The lowest BCUT2D eigenvalue weighted by molar-refractivity contribution is 0.187. The van der Waals surface area contributed by atoms with Gasteiger partial charge in [0.25, 0.3) is 0 Å². The van der Waals surface area contributed by atoms with Gasteiger partial charge in [0.2, 0.25) is 0 Å². The standard InChI is InChI=1S/C10H11N3O2/c1-15-10(14)13-9-7-8(3-2-5-11)4-6-12-9/h4,6-7H,5,11H2,1H3,(H,12,13,14). The maximum absolute atomic E-state index is 10.9. The van der Waals surface area contributed by atoms with E-state index in [9.17, 15) is 4.79 Å². The van der Waals surface area contributed by atoms with Crippen molar-refractivity contribution in [3.8, 4) is 11.8 Å². The number of nitrogens with two attached hydrogens (primary N) is 1. The van der Waals surface area contributed by atoms with E-state index in [1.807, 2.05) is 0 Å². The van der Waals surface area contributed by atoms with Crippen molar-refractivity contribution in [2.24, 2.45) is 5.73 Å². The summed E-state index contributed by atoms with van der Waals surface area (Å²) in [4.78, 5) is 14.8. The molecule has 78 valence electrons. The minimum atomic E-state index is -0.563. The predicted octanol–water partition coefficient (Wildman–Crippen LogP) is 0.570. The second-order valence-electron chi connectivity index (χ2n) is 2.55. The van der Waals surface area contributed by atoms with Gasteiger partial charge in [-0.2, -0.15) is 0 Å². The van der Waals surface area contributed by atoms with Crippen molar-refractivity contribution in [3.05, 3.63) is 23.9 Å². The van der Waals surface area contributed by atoms with Gasteiger partial charge in [0.15, 0.2) is 0 Å². The lowest BCUT2D eigenvalue weighted by Gasteiger charge is -2.01. The molecule has 0 aliphatic carbocycles. The number of nitrogens with zero attached hydrogens (tertiary/aromatic N) is 1. The fraction of sp³-hybridized carbons (Fsp3) is 0.200. The molecule has 0 saturated heterocycles. The highest BCUT2D eigenvalue weighted by Gasteiger charge is 2.01. The lowest BCUT2D eigenvalue weighted by atomic mass is 10.2. The van der Waals surface area contributed by atoms with E-state index in [1.165, 1.54) is 7.11 Å². The van der Waals surface area contributed by atoms with Crippen LogP contribution in [0.25, 0.3) is 0 Å². The molecule has 0 bridgehead atoms. The maximum Gasteiger partial charge on any atom is 0.412 e. The zero-order valence-electron chi connectivity index (χ0n) is 8.28. The van der Waals surface area contributed by atoms with E-state index in [1.54, 1.807) is 18.3 Å². The smallest absolute Gasteiger partial charge is 0.412 e. The molecule has 0 atom stereocenters. The van der Waals surface area contributed by atoms with Gasteiger partial charge in [0.05, 0.1) is 13.7 Å². The molecule has 0 fully saturated rings. The molecular formula is C10H11N3O2. The molecular weight excluding hydrogens is 194 g/mol. The van der Waals surface area contributed by atoms with Gasteiger partial charge in [-0.05, 0) is 12.1 Å². The third kappa shape index (κ3) is 3.67. The number of methoxy groups -OCH3 is 1. The molecule has 5 nitrogen and oxygen atoms in total. The first kappa shape index (κ1) is 11.0. The van der Waals surface area contributed by atoms with Gasteiger partial charge in [-0.3, -0.25) is 5.32 Å². The molecule has 15 heavy (non-hydrogen) atoms. The van der Waals surface area contributed by atoms with Crippen molar-refractivity contribution in [2.75, 3.05) is 19.0 Å². The lowest BCUT2D eigenvalue weighted by Crippen LogP contribution is -2.11. The highest BCUT2D eigenvalue weighted by Crippen LogP contribution is 2.05. The summed E-state index contributed by atoms with van der Waals surface area (Å²) < 4.78 is 4.43. The normalized spacial score (nSPS) is 8.67. The highest BCUT2D eigenvalue weighted by molar-refractivity contribution is 5.83. The van der Waals surface area contributed by atoms with Crippen molar-refractivity contribution in [3.63, 3.8) is 0 Å². The van der Waals surface area contributed by atoms with E-state index in [2.05, 4.69) is 26.9 Å². The zero-order valence-corrected chi connectivity index (χ0v) is 8.28. The summed E-state index contributed by atoms with van der Waals surface area (Å²) in [6, 6.07) is 3.37. The van der Waals surface area contributed by atoms with Crippen molar-refractivity contribution >= 4 is 11.9 Å². The van der Waals surface area contributed by atoms with Gasteiger partial charge in [-0.15, -0.1) is 0 Å². The van der Waals surface area contributed by atoms with Crippen LogP contribution < -0.4 is 11.1 Å². The Kier molecular flexibility index (Phi) is 4.13. The van der Waals surface area contributed by atoms with Gasteiger partial charge in [0, 0.05) is 11.8 Å². The zero-order chi connectivity index (χ0) is 11.1. The van der Waals surface area contributed by atoms with Gasteiger partial charge in [-0.1, -0.05) is 11.8 Å². The van der Waals surface area contributed by atoms with Crippen LogP contribution in [0.5, 0.6) is 0 Å². The molecule has 0 saturated carbocycles. The summed E-state index contributed by atoms with van der Waals surface area (Å²) in [6.07, 6.45) is 0.984. The van der Waals surface area contributed by atoms with Gasteiger partial charge in [0.1, 0.15) is 5.82 Å². The second-order valence-corrected chi connectivity index (χ2v) is 2.55. The molecule has 0 radical (unpaired) electrons. The largest absolute Gasteiger partial charge is 0.453 e. The number of anilines is 1. The summed E-state index contributed by atoms with van der Waals surface area (Å²) in [7, 11) is 1.29. The molecule has 1 aromatic rings. The Labute approximate surface area is 87.6 Å². The molecule has 0 aromatic carbocycles. The third-order valence-electron chi connectivity index (χ3n) is 1.51. The fourth-order valence-corrected chi connectivity index (χ4v) is 0.885. The minimum absolute atomic E-state index is 0.294. The number of carbonyl (C=O) groups is 1. The number of ether oxygens (including phenoxy) is 1. The Balaban J connectivity index is 2.78. The Bertz CT molecular complexity index is 407. The maximum atomic E-state index is 10.9. The van der Waals surface area contributed by atoms with Gasteiger partial charge in [-0.25, -0.2) is 9.78 Å². The summed E-state index contributed by atoms with van der Waals surface area (Å²) in [5.74, 6) is 5.93. The quantitative estimate of drug-likeness (QED) is 0.657. The van der Waals surface area contributed by atoms with Crippen LogP contribution in [0.3, 0.4) is 0 Å². The van der Waals surface area contributed by atoms with E-state index >= 15 is 0 Å². The first-order chi connectivity index (χ1) is 7.26. The average molecular weight is 205 g/mol. The van der Waals surface area contributed by atoms with Crippen LogP contribution >= 0.6 is 0 Å². The number of aromatic nitrogens is 1. The van der Waals surface area contributed by atoms with Crippen LogP contribution in [-0.4, -0.2) is 24.7 Å². The van der Waals surface area contributed by atoms with Crippen molar-refractivity contribution in [1.29, 1.82) is 0 Å². The van der Waals surface area contributed by atoms with E-state index in [0.29, 0.717) is 12.4 Å². The molecule has 0 unspecified atom stereocenters. The number of nitrogens with one attached hydrogen (secondary N) is 1. The topological polar surface area (TPSA) is 77.2 Å². The number of rotatable bonds is 1. The Hall–Kier alpha value is -2.06. The van der Waals surface area contributed by atoms with Crippen LogP contribution in [0.4, 0.5) is 10.6 Å². The molecule has 1 amide bonds. The first-order valence-corrected chi connectivity index (χ1v) is 4.26. The number of hydrogen-bond acceptors (Lipinski definition) is 4. The summed E-state index contributed by atoms with van der Waals surface area (Å²) in [5.41, 5.74) is 5.98. The number of hydrogen-bond donors (Lipinski definition) is 2. The van der Waals surface area contributed by atoms with Crippen LogP contribution in [0, 0.1) is 11.8 Å². The molecule has 3 N–H and O–H groups in total. The van der Waals surface area contributed by atoms with E-state index < -0.39 is 6.09 Å². The predicted molar refractivity (Wildman–Crippen MR) is 56.2 cm³/mol. The van der Waals surface area contributed by atoms with E-state index in [4.69, 9.17) is 5.73 Å².